The molecule has 0 bridgehead atoms. The van der Waals surface area contributed by atoms with E-state index in [9.17, 15) is 22.4 Å². The van der Waals surface area contributed by atoms with Crippen molar-refractivity contribution in [3.8, 4) is 16.9 Å². The van der Waals surface area contributed by atoms with Crippen LogP contribution in [0.25, 0.3) is 17.2 Å². The van der Waals surface area contributed by atoms with E-state index in [0.29, 0.717) is 11.1 Å². The van der Waals surface area contributed by atoms with Gasteiger partial charge in [0.25, 0.3) is 0 Å². The van der Waals surface area contributed by atoms with Crippen LogP contribution in [0.3, 0.4) is 0 Å². The SMILES string of the molecule is O=C(O)/C=C/c1cc(-c2ccc(OC(F)(F)F)cc2)ccc1F. The number of carboxylic acids is 1. The Morgan fingerprint density at radius 2 is 1.65 bits per heavy atom. The Morgan fingerprint density at radius 3 is 2.22 bits per heavy atom. The summed E-state index contributed by atoms with van der Waals surface area (Å²) in [4.78, 5) is 10.5. The molecule has 2 aromatic carbocycles. The van der Waals surface area contributed by atoms with Gasteiger partial charge in [0.05, 0.1) is 0 Å². The lowest BCUT2D eigenvalue weighted by Gasteiger charge is -2.09. The number of alkyl halides is 3. The smallest absolute Gasteiger partial charge is 0.478 e. The molecule has 0 aliphatic rings. The third-order valence-electron chi connectivity index (χ3n) is 2.82. The summed E-state index contributed by atoms with van der Waals surface area (Å²) in [6, 6.07) is 9.04. The number of carbonyl (C=O) groups is 1. The molecule has 0 unspecified atom stereocenters. The third kappa shape index (κ3) is 4.84. The van der Waals surface area contributed by atoms with Crippen molar-refractivity contribution in [2.75, 3.05) is 0 Å². The van der Waals surface area contributed by atoms with Gasteiger partial charge in [0.15, 0.2) is 0 Å². The Kier molecular flexibility index (Phi) is 4.68. The van der Waals surface area contributed by atoms with E-state index in [2.05, 4.69) is 4.74 Å². The molecule has 0 saturated carbocycles. The fourth-order valence-electron chi connectivity index (χ4n) is 1.86. The van der Waals surface area contributed by atoms with Gasteiger partial charge in [-0.2, -0.15) is 0 Å². The van der Waals surface area contributed by atoms with Gasteiger partial charge in [-0.15, -0.1) is 13.2 Å². The number of benzene rings is 2. The van der Waals surface area contributed by atoms with Crippen LogP contribution < -0.4 is 4.74 Å². The second kappa shape index (κ2) is 6.51. The zero-order valence-electron chi connectivity index (χ0n) is 11.5. The molecule has 2 aromatic rings. The van der Waals surface area contributed by atoms with Crippen LogP contribution in [0.1, 0.15) is 5.56 Å². The predicted octanol–water partition coefficient (Wildman–Crippen LogP) is 4.49. The standard InChI is InChI=1S/C16H10F4O3/c17-14-7-3-11(9-12(14)4-8-15(21)22)10-1-5-13(6-2-10)23-16(18,19)20/h1-9H,(H,21,22)/b8-4+. The zero-order valence-corrected chi connectivity index (χ0v) is 11.5. The van der Waals surface area contributed by atoms with E-state index in [0.717, 1.165) is 30.4 Å². The Morgan fingerprint density at radius 1 is 1.04 bits per heavy atom. The van der Waals surface area contributed by atoms with Crippen LogP contribution in [-0.2, 0) is 4.79 Å². The summed E-state index contributed by atoms with van der Waals surface area (Å²) >= 11 is 0. The molecular weight excluding hydrogens is 316 g/mol. The van der Waals surface area contributed by atoms with Gasteiger partial charge in [-0.25, -0.2) is 9.18 Å². The minimum atomic E-state index is -4.77. The van der Waals surface area contributed by atoms with Crippen LogP contribution in [0.2, 0.25) is 0 Å². The Balaban J connectivity index is 2.28. The number of halogens is 4. The lowest BCUT2D eigenvalue weighted by Crippen LogP contribution is -2.16. The molecule has 0 saturated heterocycles. The molecule has 0 spiro atoms. The summed E-state index contributed by atoms with van der Waals surface area (Å²) in [5.41, 5.74) is 1.11. The molecule has 0 fully saturated rings. The average molecular weight is 326 g/mol. The van der Waals surface area contributed by atoms with Gasteiger partial charge in [-0.05, 0) is 41.5 Å². The average Bonchev–Trinajstić information content (AvgIpc) is 2.45. The molecule has 23 heavy (non-hydrogen) atoms. The third-order valence-corrected chi connectivity index (χ3v) is 2.82. The first kappa shape index (κ1) is 16.5. The number of hydrogen-bond donors (Lipinski definition) is 1. The fraction of sp³-hybridized carbons (Fsp3) is 0.0625. The molecule has 1 N–H and O–H groups in total. The Bertz CT molecular complexity index is 734. The van der Waals surface area contributed by atoms with Crippen LogP contribution in [0.15, 0.2) is 48.5 Å². The van der Waals surface area contributed by atoms with Crippen molar-refractivity contribution in [3.05, 3.63) is 59.9 Å². The number of hydrogen-bond acceptors (Lipinski definition) is 2. The molecule has 0 amide bonds. The lowest BCUT2D eigenvalue weighted by molar-refractivity contribution is -0.274. The topological polar surface area (TPSA) is 46.5 Å². The van der Waals surface area contributed by atoms with Crippen molar-refractivity contribution in [1.29, 1.82) is 0 Å². The molecule has 0 aliphatic carbocycles. The molecule has 2 rings (SSSR count). The van der Waals surface area contributed by atoms with E-state index in [1.807, 2.05) is 0 Å². The second-order valence-corrected chi connectivity index (χ2v) is 4.48. The molecule has 3 nitrogen and oxygen atoms in total. The minimum Gasteiger partial charge on any atom is -0.478 e. The molecule has 0 heterocycles. The van der Waals surface area contributed by atoms with Crippen molar-refractivity contribution >= 4 is 12.0 Å². The Labute approximate surface area is 128 Å². The number of ether oxygens (including phenoxy) is 1. The highest BCUT2D eigenvalue weighted by molar-refractivity contribution is 5.85. The summed E-state index contributed by atoms with van der Waals surface area (Å²) in [6.45, 7) is 0. The monoisotopic (exact) mass is 326 g/mol. The predicted molar refractivity (Wildman–Crippen MR) is 75.2 cm³/mol. The summed E-state index contributed by atoms with van der Waals surface area (Å²) < 4.78 is 53.6. The first-order valence-corrected chi connectivity index (χ1v) is 6.31. The quantitative estimate of drug-likeness (QED) is 0.665. The van der Waals surface area contributed by atoms with Crippen LogP contribution >= 0.6 is 0 Å². The van der Waals surface area contributed by atoms with Crippen molar-refractivity contribution in [2.45, 2.75) is 6.36 Å². The Hall–Kier alpha value is -2.83. The summed E-state index contributed by atoms with van der Waals surface area (Å²) in [5.74, 6) is -2.19. The minimum absolute atomic E-state index is 0.0560. The molecule has 7 heteroatoms. The van der Waals surface area contributed by atoms with E-state index < -0.39 is 18.1 Å². The maximum absolute atomic E-state index is 13.6. The van der Waals surface area contributed by atoms with Gasteiger partial charge in [0, 0.05) is 11.6 Å². The maximum atomic E-state index is 13.6. The van der Waals surface area contributed by atoms with Gasteiger partial charge in [0.2, 0.25) is 0 Å². The molecule has 0 aromatic heterocycles. The van der Waals surface area contributed by atoms with Crippen molar-refractivity contribution in [1.82, 2.24) is 0 Å². The number of rotatable bonds is 4. The van der Waals surface area contributed by atoms with E-state index in [1.54, 1.807) is 0 Å². The number of aliphatic carboxylic acids is 1. The van der Waals surface area contributed by atoms with Crippen molar-refractivity contribution < 1.29 is 32.2 Å². The van der Waals surface area contributed by atoms with Crippen LogP contribution in [0.5, 0.6) is 5.75 Å². The molecule has 0 radical (unpaired) electrons. The molecule has 0 aliphatic heterocycles. The fourth-order valence-corrected chi connectivity index (χ4v) is 1.86. The van der Waals surface area contributed by atoms with Gasteiger partial charge >= 0.3 is 12.3 Å². The maximum Gasteiger partial charge on any atom is 0.573 e. The van der Waals surface area contributed by atoms with E-state index in [1.165, 1.54) is 24.3 Å². The van der Waals surface area contributed by atoms with Gasteiger partial charge in [-0.1, -0.05) is 18.2 Å². The van der Waals surface area contributed by atoms with Crippen LogP contribution in [0.4, 0.5) is 17.6 Å². The lowest BCUT2D eigenvalue weighted by atomic mass is 10.0. The van der Waals surface area contributed by atoms with Crippen LogP contribution in [0, 0.1) is 5.82 Å². The zero-order chi connectivity index (χ0) is 17.0. The normalized spacial score (nSPS) is 11.7. The van der Waals surface area contributed by atoms with Crippen molar-refractivity contribution in [2.24, 2.45) is 0 Å². The first-order chi connectivity index (χ1) is 10.7. The van der Waals surface area contributed by atoms with E-state index in [4.69, 9.17) is 5.11 Å². The van der Waals surface area contributed by atoms with Gasteiger partial charge in [0.1, 0.15) is 11.6 Å². The van der Waals surface area contributed by atoms with Gasteiger partial charge < -0.3 is 9.84 Å². The summed E-state index contributed by atoms with van der Waals surface area (Å²) in [6.07, 6.45) is -2.88. The molecule has 0 atom stereocenters. The highest BCUT2D eigenvalue weighted by Gasteiger charge is 2.30. The first-order valence-electron chi connectivity index (χ1n) is 6.31. The van der Waals surface area contributed by atoms with E-state index in [-0.39, 0.29) is 11.3 Å². The van der Waals surface area contributed by atoms with Crippen molar-refractivity contribution in [3.63, 3.8) is 0 Å². The molecule has 120 valence electrons. The molecular formula is C16H10F4O3. The van der Waals surface area contributed by atoms with Crippen LogP contribution in [-0.4, -0.2) is 17.4 Å². The summed E-state index contributed by atoms with van der Waals surface area (Å²) in [5, 5.41) is 8.56. The van der Waals surface area contributed by atoms with E-state index >= 15 is 0 Å². The number of carboxylic acid groups (broad SMARTS) is 1. The summed E-state index contributed by atoms with van der Waals surface area (Å²) in [7, 11) is 0. The second-order valence-electron chi connectivity index (χ2n) is 4.48. The highest BCUT2D eigenvalue weighted by atomic mass is 19.4. The van der Waals surface area contributed by atoms with Gasteiger partial charge in [-0.3, -0.25) is 0 Å². The highest BCUT2D eigenvalue weighted by Crippen LogP contribution is 2.27. The largest absolute Gasteiger partial charge is 0.573 e.